The largest absolute Gasteiger partial charge is 0.378 e. The summed E-state index contributed by atoms with van der Waals surface area (Å²) >= 11 is 0. The molecule has 1 aliphatic rings. The van der Waals surface area contributed by atoms with Gasteiger partial charge in [-0.05, 0) is 19.8 Å². The van der Waals surface area contributed by atoms with Crippen LogP contribution in [0.3, 0.4) is 0 Å². The molecule has 1 fully saturated rings. The molecule has 0 heterocycles. The van der Waals surface area contributed by atoms with Crippen LogP contribution in [-0.4, -0.2) is 41.0 Å². The Labute approximate surface area is 108 Å². The molecule has 0 aliphatic heterocycles. The third kappa shape index (κ3) is 3.52. The normalized spacial score (nSPS) is 34.4. The SMILES string of the molecule is CCOC1CC(NCCS(=O)CC)C1(C)CC. The van der Waals surface area contributed by atoms with Crippen LogP contribution >= 0.6 is 0 Å². The first kappa shape index (κ1) is 15.1. The molecule has 1 aliphatic carbocycles. The Morgan fingerprint density at radius 3 is 2.65 bits per heavy atom. The zero-order chi connectivity index (χ0) is 12.9. The second kappa shape index (κ2) is 6.86. The lowest BCUT2D eigenvalue weighted by atomic mass is 9.61. The van der Waals surface area contributed by atoms with E-state index in [1.54, 1.807) is 0 Å². The lowest BCUT2D eigenvalue weighted by Crippen LogP contribution is -2.62. The lowest BCUT2D eigenvalue weighted by Gasteiger charge is -2.53. The summed E-state index contributed by atoms with van der Waals surface area (Å²) in [5.41, 5.74) is 0.254. The van der Waals surface area contributed by atoms with E-state index >= 15 is 0 Å². The van der Waals surface area contributed by atoms with Crippen LogP contribution in [0, 0.1) is 5.41 Å². The molecule has 0 aromatic rings. The molecule has 1 N–H and O–H groups in total. The minimum Gasteiger partial charge on any atom is -0.378 e. The maximum atomic E-state index is 11.3. The van der Waals surface area contributed by atoms with E-state index in [2.05, 4.69) is 26.1 Å². The molecule has 0 spiro atoms. The summed E-state index contributed by atoms with van der Waals surface area (Å²) in [4.78, 5) is 0. The van der Waals surface area contributed by atoms with Crippen LogP contribution in [0.4, 0.5) is 0 Å². The molecule has 0 bridgehead atoms. The Morgan fingerprint density at radius 1 is 1.41 bits per heavy atom. The first-order valence-corrected chi connectivity index (χ1v) is 8.27. The number of hydrogen-bond acceptors (Lipinski definition) is 3. The van der Waals surface area contributed by atoms with Crippen LogP contribution in [-0.2, 0) is 15.5 Å². The predicted molar refractivity (Wildman–Crippen MR) is 73.8 cm³/mol. The Morgan fingerprint density at radius 2 is 2.12 bits per heavy atom. The van der Waals surface area contributed by atoms with Crippen molar-refractivity contribution in [3.63, 3.8) is 0 Å². The van der Waals surface area contributed by atoms with Gasteiger partial charge >= 0.3 is 0 Å². The van der Waals surface area contributed by atoms with Crippen LogP contribution in [0.2, 0.25) is 0 Å². The molecule has 17 heavy (non-hydrogen) atoms. The van der Waals surface area contributed by atoms with Gasteiger partial charge in [-0.25, -0.2) is 0 Å². The van der Waals surface area contributed by atoms with Gasteiger partial charge in [0.25, 0.3) is 0 Å². The fourth-order valence-corrected chi connectivity index (χ4v) is 3.19. The molecule has 4 heteroatoms. The summed E-state index contributed by atoms with van der Waals surface area (Å²) in [6.45, 7) is 10.2. The molecule has 0 aromatic heterocycles. The molecule has 0 amide bonds. The zero-order valence-electron chi connectivity index (χ0n) is 11.6. The van der Waals surface area contributed by atoms with Crippen molar-refractivity contribution in [1.82, 2.24) is 5.32 Å². The van der Waals surface area contributed by atoms with Gasteiger partial charge in [0.1, 0.15) is 0 Å². The van der Waals surface area contributed by atoms with Gasteiger partial charge in [0, 0.05) is 46.9 Å². The first-order valence-electron chi connectivity index (χ1n) is 6.78. The Bertz CT molecular complexity index is 260. The fraction of sp³-hybridized carbons (Fsp3) is 1.00. The van der Waals surface area contributed by atoms with E-state index in [0.29, 0.717) is 12.1 Å². The van der Waals surface area contributed by atoms with Crippen LogP contribution < -0.4 is 5.32 Å². The Balaban J connectivity index is 2.33. The summed E-state index contributed by atoms with van der Waals surface area (Å²) in [5, 5.41) is 3.54. The van der Waals surface area contributed by atoms with Crippen molar-refractivity contribution in [3.05, 3.63) is 0 Å². The van der Waals surface area contributed by atoms with E-state index < -0.39 is 10.8 Å². The van der Waals surface area contributed by atoms with Crippen LogP contribution in [0.15, 0.2) is 0 Å². The molecular weight excluding hydrogens is 234 g/mol. The van der Waals surface area contributed by atoms with Gasteiger partial charge < -0.3 is 10.1 Å². The number of nitrogens with one attached hydrogen (secondary N) is 1. The topological polar surface area (TPSA) is 38.3 Å². The maximum Gasteiger partial charge on any atom is 0.0658 e. The van der Waals surface area contributed by atoms with Gasteiger partial charge in [0.2, 0.25) is 0 Å². The minimum atomic E-state index is -0.654. The predicted octanol–water partition coefficient (Wildman–Crippen LogP) is 1.94. The highest BCUT2D eigenvalue weighted by molar-refractivity contribution is 7.84. The molecule has 0 radical (unpaired) electrons. The van der Waals surface area contributed by atoms with Crippen LogP contribution in [0.5, 0.6) is 0 Å². The van der Waals surface area contributed by atoms with Gasteiger partial charge in [-0.3, -0.25) is 4.21 Å². The van der Waals surface area contributed by atoms with Gasteiger partial charge in [0.05, 0.1) is 6.10 Å². The highest BCUT2D eigenvalue weighted by Crippen LogP contribution is 2.45. The molecule has 3 nitrogen and oxygen atoms in total. The van der Waals surface area contributed by atoms with Crippen molar-refractivity contribution in [2.75, 3.05) is 24.7 Å². The second-order valence-electron chi connectivity index (χ2n) is 4.98. The summed E-state index contributed by atoms with van der Waals surface area (Å²) in [7, 11) is -0.654. The van der Waals surface area contributed by atoms with E-state index in [1.807, 2.05) is 6.92 Å². The van der Waals surface area contributed by atoms with Crippen molar-refractivity contribution in [3.8, 4) is 0 Å². The maximum absolute atomic E-state index is 11.3. The minimum absolute atomic E-state index is 0.254. The standard InChI is InChI=1S/C13H27NO2S/c1-5-13(4)11(10-12(13)16-6-2)14-8-9-17(15)7-3/h11-12,14H,5-10H2,1-4H3. The molecule has 0 saturated heterocycles. The average molecular weight is 261 g/mol. The van der Waals surface area contributed by atoms with Crippen LogP contribution in [0.25, 0.3) is 0 Å². The Hall–Kier alpha value is 0.0700. The smallest absolute Gasteiger partial charge is 0.0658 e. The second-order valence-corrected chi connectivity index (χ2v) is 6.84. The number of rotatable bonds is 8. The van der Waals surface area contributed by atoms with E-state index in [9.17, 15) is 4.21 Å². The van der Waals surface area contributed by atoms with Gasteiger partial charge in [-0.15, -0.1) is 0 Å². The summed E-state index contributed by atoms with van der Waals surface area (Å²) in [6.07, 6.45) is 2.62. The summed E-state index contributed by atoms with van der Waals surface area (Å²) < 4.78 is 17.1. The van der Waals surface area contributed by atoms with E-state index in [4.69, 9.17) is 4.74 Å². The highest BCUT2D eigenvalue weighted by Gasteiger charge is 2.50. The number of hydrogen-bond donors (Lipinski definition) is 1. The van der Waals surface area contributed by atoms with Crippen molar-refractivity contribution >= 4 is 10.8 Å². The van der Waals surface area contributed by atoms with Gasteiger partial charge in [-0.1, -0.05) is 20.8 Å². The highest BCUT2D eigenvalue weighted by atomic mass is 32.2. The third-order valence-corrected chi connectivity index (χ3v) is 5.46. The average Bonchev–Trinajstić information content (AvgIpc) is 2.35. The monoisotopic (exact) mass is 261 g/mol. The van der Waals surface area contributed by atoms with E-state index in [1.165, 1.54) is 0 Å². The van der Waals surface area contributed by atoms with Gasteiger partial charge in [-0.2, -0.15) is 0 Å². The molecule has 1 rings (SSSR count). The molecule has 102 valence electrons. The summed E-state index contributed by atoms with van der Waals surface area (Å²) in [5.74, 6) is 1.53. The number of ether oxygens (including phenoxy) is 1. The van der Waals surface area contributed by atoms with Crippen molar-refractivity contribution in [1.29, 1.82) is 0 Å². The van der Waals surface area contributed by atoms with Gasteiger partial charge in [0.15, 0.2) is 0 Å². The summed E-state index contributed by atoms with van der Waals surface area (Å²) in [6, 6.07) is 0.526. The quantitative estimate of drug-likeness (QED) is 0.725. The molecular formula is C13H27NO2S. The van der Waals surface area contributed by atoms with E-state index in [0.717, 1.165) is 37.5 Å². The first-order chi connectivity index (χ1) is 8.08. The fourth-order valence-electron chi connectivity index (χ4n) is 2.56. The molecule has 4 unspecified atom stereocenters. The van der Waals surface area contributed by atoms with E-state index in [-0.39, 0.29) is 5.41 Å². The molecule has 1 saturated carbocycles. The molecule has 4 atom stereocenters. The third-order valence-electron chi connectivity index (χ3n) is 4.15. The van der Waals surface area contributed by atoms with Crippen molar-refractivity contribution < 1.29 is 8.95 Å². The lowest BCUT2D eigenvalue weighted by molar-refractivity contribution is -0.125. The Kier molecular flexibility index (Phi) is 6.10. The molecule has 0 aromatic carbocycles. The zero-order valence-corrected chi connectivity index (χ0v) is 12.4. The van der Waals surface area contributed by atoms with Crippen molar-refractivity contribution in [2.24, 2.45) is 5.41 Å². The van der Waals surface area contributed by atoms with Crippen molar-refractivity contribution in [2.45, 2.75) is 52.7 Å². The van der Waals surface area contributed by atoms with Crippen LogP contribution in [0.1, 0.15) is 40.5 Å².